The number of hydrogen-bond acceptors (Lipinski definition) is 0. The molecule has 159 valence electrons. The number of rotatable bonds is 2. The molecule has 5 aromatic carbocycles. The highest BCUT2D eigenvalue weighted by atomic mass is 14.4. The van der Waals surface area contributed by atoms with Crippen LogP contribution in [-0.2, 0) is 0 Å². The van der Waals surface area contributed by atoms with E-state index in [1.807, 2.05) is 0 Å². The summed E-state index contributed by atoms with van der Waals surface area (Å²) in [6.07, 6.45) is 0. The Bertz CT molecular complexity index is 1500. The Labute approximate surface area is 200 Å². The third-order valence-electron chi connectivity index (χ3n) is 7.21. The Balaban J connectivity index is 1.63. The van der Waals surface area contributed by atoms with Gasteiger partial charge in [0.2, 0.25) is 0 Å². The summed E-state index contributed by atoms with van der Waals surface area (Å²) in [6.45, 7) is 2.16. The first-order chi connectivity index (χ1) is 16.8. The average molecular weight is 432 g/mol. The molecule has 0 saturated carbocycles. The minimum Gasteiger partial charge on any atom is -0.0619 e. The predicted octanol–water partition coefficient (Wildman–Crippen LogP) is 8.59. The molecule has 0 bridgehead atoms. The molecule has 0 aliphatic heterocycles. The van der Waals surface area contributed by atoms with Crippen LogP contribution >= 0.6 is 0 Å². The van der Waals surface area contributed by atoms with E-state index in [-0.39, 0.29) is 0 Å². The normalized spacial score (nSPS) is 13.3. The molecule has 1 radical (unpaired) electrons. The van der Waals surface area contributed by atoms with Crippen LogP contribution in [0.2, 0.25) is 0 Å². The standard InChI is InChI=1S/C34H23/c1-22-18-20-23(21-19-22)32(33-28-14-6-2-10-24(28)25-11-3-7-15-29(25)33)34-30-16-8-4-12-26(30)27-13-5-9-17-31(27)34/h2-21H,1H3. The van der Waals surface area contributed by atoms with Gasteiger partial charge in [0.15, 0.2) is 0 Å². The van der Waals surface area contributed by atoms with Gasteiger partial charge in [-0.1, -0.05) is 127 Å². The van der Waals surface area contributed by atoms with E-state index in [0.717, 1.165) is 0 Å². The maximum Gasteiger partial charge on any atom is 0.0654 e. The van der Waals surface area contributed by atoms with E-state index >= 15 is 0 Å². The van der Waals surface area contributed by atoms with Crippen LogP contribution in [0.25, 0.3) is 33.4 Å². The number of fused-ring (bicyclic) bond motifs is 6. The Kier molecular flexibility index (Phi) is 4.22. The second-order valence-electron chi connectivity index (χ2n) is 9.17. The van der Waals surface area contributed by atoms with E-state index in [0.29, 0.717) is 0 Å². The van der Waals surface area contributed by atoms with Gasteiger partial charge in [0.05, 0.1) is 5.92 Å². The summed E-state index contributed by atoms with van der Waals surface area (Å²) < 4.78 is 0. The van der Waals surface area contributed by atoms with E-state index in [1.165, 1.54) is 72.7 Å². The highest BCUT2D eigenvalue weighted by Gasteiger charge is 2.36. The van der Waals surface area contributed by atoms with E-state index < -0.39 is 0 Å². The van der Waals surface area contributed by atoms with Crippen molar-refractivity contribution >= 4 is 11.1 Å². The summed E-state index contributed by atoms with van der Waals surface area (Å²) in [6, 6.07) is 44.5. The second kappa shape index (κ2) is 7.43. The molecule has 34 heavy (non-hydrogen) atoms. The van der Waals surface area contributed by atoms with E-state index in [9.17, 15) is 0 Å². The lowest BCUT2D eigenvalue weighted by Crippen LogP contribution is -2.05. The quantitative estimate of drug-likeness (QED) is 0.257. The fourth-order valence-electron chi connectivity index (χ4n) is 5.71. The first kappa shape index (κ1) is 19.3. The summed E-state index contributed by atoms with van der Waals surface area (Å²) in [5.74, 6) is 1.33. The van der Waals surface area contributed by atoms with Gasteiger partial charge in [-0.25, -0.2) is 0 Å². The van der Waals surface area contributed by atoms with Gasteiger partial charge in [0.1, 0.15) is 0 Å². The molecule has 0 unspecified atom stereocenters. The van der Waals surface area contributed by atoms with Crippen LogP contribution in [0.5, 0.6) is 0 Å². The van der Waals surface area contributed by atoms with Gasteiger partial charge in [-0.15, -0.1) is 0 Å². The maximum atomic E-state index is 2.29. The van der Waals surface area contributed by atoms with Crippen molar-refractivity contribution in [2.24, 2.45) is 0 Å². The average Bonchev–Trinajstić information content (AvgIpc) is 3.40. The smallest absolute Gasteiger partial charge is 0.0619 e. The molecule has 0 fully saturated rings. The summed E-state index contributed by atoms with van der Waals surface area (Å²) in [5, 5.41) is 0. The zero-order chi connectivity index (χ0) is 22.6. The molecular formula is C34H23. The fourth-order valence-corrected chi connectivity index (χ4v) is 5.71. The van der Waals surface area contributed by atoms with Crippen molar-refractivity contribution in [3.8, 4) is 22.3 Å². The van der Waals surface area contributed by atoms with Crippen molar-refractivity contribution in [1.29, 1.82) is 0 Å². The van der Waals surface area contributed by atoms with Gasteiger partial charge >= 0.3 is 0 Å². The van der Waals surface area contributed by atoms with Gasteiger partial charge in [-0.3, -0.25) is 0 Å². The molecule has 0 heteroatoms. The molecule has 0 heterocycles. The van der Waals surface area contributed by atoms with Crippen molar-refractivity contribution in [1.82, 2.24) is 0 Å². The molecule has 0 amide bonds. The third kappa shape index (κ3) is 2.72. The van der Waals surface area contributed by atoms with Gasteiger partial charge in [-0.05, 0) is 68.1 Å². The zero-order valence-electron chi connectivity index (χ0n) is 19.0. The van der Waals surface area contributed by atoms with Gasteiger partial charge in [0, 0.05) is 0 Å². The van der Waals surface area contributed by atoms with Crippen molar-refractivity contribution in [3.05, 3.63) is 161 Å². The van der Waals surface area contributed by atoms with Gasteiger partial charge < -0.3 is 0 Å². The van der Waals surface area contributed by atoms with E-state index in [1.54, 1.807) is 0 Å². The van der Waals surface area contributed by atoms with Crippen molar-refractivity contribution in [2.45, 2.75) is 6.92 Å². The van der Waals surface area contributed by atoms with Crippen molar-refractivity contribution in [3.63, 3.8) is 0 Å². The van der Waals surface area contributed by atoms with Gasteiger partial charge in [0.25, 0.3) is 0 Å². The Hall–Kier alpha value is -4.16. The lowest BCUT2D eigenvalue weighted by atomic mass is 9.79. The molecule has 0 N–H and O–H groups in total. The van der Waals surface area contributed by atoms with Crippen molar-refractivity contribution < 1.29 is 0 Å². The molecule has 0 saturated heterocycles. The summed E-state index contributed by atoms with van der Waals surface area (Å²) in [5.41, 5.74) is 15.7. The Morgan fingerprint density at radius 1 is 0.382 bits per heavy atom. The predicted molar refractivity (Wildman–Crippen MR) is 142 cm³/mol. The van der Waals surface area contributed by atoms with Gasteiger partial charge in [-0.2, -0.15) is 0 Å². The monoisotopic (exact) mass is 431 g/mol. The molecule has 2 aliphatic carbocycles. The number of benzene rings is 5. The summed E-state index contributed by atoms with van der Waals surface area (Å²) in [7, 11) is 0. The van der Waals surface area contributed by atoms with E-state index in [2.05, 4.69) is 128 Å². The highest BCUT2D eigenvalue weighted by Crippen LogP contribution is 2.55. The highest BCUT2D eigenvalue weighted by molar-refractivity contribution is 6.16. The zero-order valence-corrected chi connectivity index (χ0v) is 19.0. The van der Waals surface area contributed by atoms with Crippen LogP contribution in [0.1, 0.15) is 33.4 Å². The van der Waals surface area contributed by atoms with Crippen LogP contribution in [-0.4, -0.2) is 0 Å². The molecular weight excluding hydrogens is 408 g/mol. The van der Waals surface area contributed by atoms with Crippen LogP contribution in [0.15, 0.2) is 121 Å². The third-order valence-corrected chi connectivity index (χ3v) is 7.21. The summed E-state index contributed by atoms with van der Waals surface area (Å²) in [4.78, 5) is 0. The fraction of sp³-hybridized carbons (Fsp3) is 0.0294. The first-order valence-corrected chi connectivity index (χ1v) is 11.9. The first-order valence-electron chi connectivity index (χ1n) is 11.9. The lowest BCUT2D eigenvalue weighted by Gasteiger charge is -2.22. The summed E-state index contributed by atoms with van der Waals surface area (Å²) >= 11 is 0. The topological polar surface area (TPSA) is 0 Å². The van der Waals surface area contributed by atoms with E-state index in [4.69, 9.17) is 0 Å². The Morgan fingerprint density at radius 2 is 0.735 bits per heavy atom. The van der Waals surface area contributed by atoms with Crippen LogP contribution in [0.3, 0.4) is 0 Å². The molecule has 2 aliphatic rings. The molecule has 0 nitrogen and oxygen atoms in total. The molecule has 0 atom stereocenters. The van der Waals surface area contributed by atoms with Crippen LogP contribution in [0.4, 0.5) is 0 Å². The molecule has 7 rings (SSSR count). The Morgan fingerprint density at radius 3 is 1.18 bits per heavy atom. The molecule has 5 aromatic rings. The largest absolute Gasteiger partial charge is 0.0654 e. The minimum atomic E-state index is 1.26. The number of allylic oxidation sites excluding steroid dienone is 1. The van der Waals surface area contributed by atoms with Crippen LogP contribution < -0.4 is 0 Å². The number of hydrogen-bond donors (Lipinski definition) is 0. The molecule has 0 spiro atoms. The van der Waals surface area contributed by atoms with Crippen molar-refractivity contribution in [2.75, 3.05) is 0 Å². The molecule has 0 aromatic heterocycles. The lowest BCUT2D eigenvalue weighted by molar-refractivity contribution is 1.35. The maximum absolute atomic E-state index is 2.29. The minimum absolute atomic E-state index is 1.26. The second-order valence-corrected chi connectivity index (χ2v) is 9.17. The van der Waals surface area contributed by atoms with Crippen LogP contribution in [0, 0.1) is 12.8 Å². The number of aryl methyl sites for hydroxylation is 1. The SMILES string of the molecule is Cc1ccc(C([C]2c3ccccc3-c3ccccc32)=C2c3ccccc3-c3ccccc32)cc1.